The zero-order valence-electron chi connectivity index (χ0n) is 14.2. The molecule has 2 aromatic rings. The molecule has 0 bridgehead atoms. The number of hydrogen-bond donors (Lipinski definition) is 1. The molecule has 3 heterocycles. The molecular weight excluding hydrogens is 336 g/mol. The maximum Gasteiger partial charge on any atom is 0.151 e. The van der Waals surface area contributed by atoms with E-state index in [1.54, 1.807) is 0 Å². The van der Waals surface area contributed by atoms with Crippen LogP contribution in [0, 0.1) is 0 Å². The summed E-state index contributed by atoms with van der Waals surface area (Å²) in [5.74, 6) is 1.79. The van der Waals surface area contributed by atoms with Gasteiger partial charge in [0.15, 0.2) is 5.82 Å². The minimum Gasteiger partial charge on any atom is -0.488 e. The van der Waals surface area contributed by atoms with Crippen molar-refractivity contribution in [3.8, 4) is 17.0 Å². The first kappa shape index (κ1) is 16.6. The van der Waals surface area contributed by atoms with E-state index in [4.69, 9.17) is 22.1 Å². The molecule has 4 rings (SSSR count). The number of fused-ring (bicyclic) bond motifs is 1. The van der Waals surface area contributed by atoms with Crippen LogP contribution in [0.4, 0.5) is 5.82 Å². The van der Waals surface area contributed by atoms with Crippen molar-refractivity contribution in [2.24, 2.45) is 5.73 Å². The highest BCUT2D eigenvalue weighted by molar-refractivity contribution is 6.31. The maximum atomic E-state index is 6.30. The summed E-state index contributed by atoms with van der Waals surface area (Å²) in [5.41, 5.74) is 8.54. The van der Waals surface area contributed by atoms with Gasteiger partial charge in [-0.1, -0.05) is 24.4 Å². The van der Waals surface area contributed by atoms with Crippen molar-refractivity contribution < 1.29 is 4.74 Å². The lowest BCUT2D eigenvalue weighted by atomic mass is 10.0. The van der Waals surface area contributed by atoms with Gasteiger partial charge in [0.05, 0.1) is 5.69 Å². The van der Waals surface area contributed by atoms with Crippen LogP contribution in [0.2, 0.25) is 5.02 Å². The van der Waals surface area contributed by atoms with Crippen LogP contribution < -0.4 is 15.4 Å². The van der Waals surface area contributed by atoms with E-state index in [1.807, 2.05) is 18.2 Å². The van der Waals surface area contributed by atoms with Crippen molar-refractivity contribution in [3.05, 3.63) is 34.9 Å². The highest BCUT2D eigenvalue weighted by Gasteiger charge is 2.26. The molecule has 1 aromatic heterocycles. The van der Waals surface area contributed by atoms with Gasteiger partial charge >= 0.3 is 0 Å². The van der Waals surface area contributed by atoms with Gasteiger partial charge in [0.2, 0.25) is 0 Å². The van der Waals surface area contributed by atoms with Crippen LogP contribution in [0.5, 0.6) is 5.75 Å². The number of anilines is 1. The standard InChI is InChI=1S/C19H23ClN4O/c20-14-9-13-10-15(12-21)25-19(13)16(11-14)17-5-6-18(23-22-17)24-7-3-1-2-4-8-24/h5-6,9,11,15H,1-4,7-8,10,12,21H2/t15-/m0/s1. The number of aromatic nitrogens is 2. The van der Waals surface area contributed by atoms with E-state index < -0.39 is 0 Å². The normalized spacial score (nSPS) is 20.1. The molecule has 0 aliphatic carbocycles. The summed E-state index contributed by atoms with van der Waals surface area (Å²) in [7, 11) is 0. The fourth-order valence-corrected chi connectivity index (χ4v) is 3.89. The molecule has 1 fully saturated rings. The van der Waals surface area contributed by atoms with Crippen LogP contribution in [0.3, 0.4) is 0 Å². The molecule has 1 saturated heterocycles. The van der Waals surface area contributed by atoms with Gasteiger partial charge in [0, 0.05) is 42.2 Å². The van der Waals surface area contributed by atoms with Gasteiger partial charge in [-0.3, -0.25) is 0 Å². The number of nitrogens with two attached hydrogens (primary N) is 1. The van der Waals surface area contributed by atoms with Crippen molar-refractivity contribution in [2.45, 2.75) is 38.2 Å². The second kappa shape index (κ2) is 7.18. The largest absolute Gasteiger partial charge is 0.488 e. The maximum absolute atomic E-state index is 6.30. The van der Waals surface area contributed by atoms with E-state index in [9.17, 15) is 0 Å². The van der Waals surface area contributed by atoms with Crippen molar-refractivity contribution in [1.82, 2.24) is 10.2 Å². The minimum atomic E-state index is 0.0107. The predicted molar refractivity (Wildman–Crippen MR) is 100 cm³/mol. The molecule has 25 heavy (non-hydrogen) atoms. The van der Waals surface area contributed by atoms with Crippen LogP contribution in [0.1, 0.15) is 31.2 Å². The molecule has 0 saturated carbocycles. The highest BCUT2D eigenvalue weighted by Crippen LogP contribution is 2.40. The van der Waals surface area contributed by atoms with E-state index in [-0.39, 0.29) is 6.10 Å². The number of rotatable bonds is 3. The third-order valence-corrected chi connectivity index (χ3v) is 5.20. The first-order valence-electron chi connectivity index (χ1n) is 9.03. The zero-order valence-corrected chi connectivity index (χ0v) is 15.0. The van der Waals surface area contributed by atoms with Gasteiger partial charge < -0.3 is 15.4 Å². The Hall–Kier alpha value is -1.85. The van der Waals surface area contributed by atoms with Gasteiger partial charge in [0.1, 0.15) is 11.9 Å². The van der Waals surface area contributed by atoms with Crippen LogP contribution in [0.15, 0.2) is 24.3 Å². The fourth-order valence-electron chi connectivity index (χ4n) is 3.65. The fraction of sp³-hybridized carbons (Fsp3) is 0.474. The zero-order chi connectivity index (χ0) is 17.2. The SMILES string of the molecule is NC[C@@H]1Cc2cc(Cl)cc(-c3ccc(N4CCCCCC4)nn3)c2O1. The van der Waals surface area contributed by atoms with E-state index >= 15 is 0 Å². The van der Waals surface area contributed by atoms with Gasteiger partial charge in [-0.25, -0.2) is 0 Å². The Morgan fingerprint density at radius 2 is 1.92 bits per heavy atom. The van der Waals surface area contributed by atoms with Crippen molar-refractivity contribution >= 4 is 17.4 Å². The van der Waals surface area contributed by atoms with Gasteiger partial charge in [-0.2, -0.15) is 0 Å². The summed E-state index contributed by atoms with van der Waals surface area (Å²) in [4.78, 5) is 2.33. The average Bonchev–Trinajstić information content (AvgIpc) is 2.86. The smallest absolute Gasteiger partial charge is 0.151 e. The second-order valence-electron chi connectivity index (χ2n) is 6.80. The van der Waals surface area contributed by atoms with E-state index in [1.165, 1.54) is 25.7 Å². The molecule has 2 aliphatic heterocycles. The Bertz CT molecular complexity index is 742. The molecule has 1 atom stereocenters. The Kier molecular flexibility index (Phi) is 4.77. The van der Waals surface area contributed by atoms with E-state index in [0.717, 1.165) is 47.9 Å². The summed E-state index contributed by atoms with van der Waals surface area (Å²) >= 11 is 6.30. The number of ether oxygens (including phenoxy) is 1. The van der Waals surface area contributed by atoms with E-state index in [2.05, 4.69) is 21.2 Å². The number of hydrogen-bond acceptors (Lipinski definition) is 5. The Morgan fingerprint density at radius 1 is 1.12 bits per heavy atom. The molecular formula is C19H23ClN4O. The number of halogens is 1. The summed E-state index contributed by atoms with van der Waals surface area (Å²) in [6.45, 7) is 2.61. The first-order valence-corrected chi connectivity index (χ1v) is 9.40. The Balaban J connectivity index is 1.63. The van der Waals surface area contributed by atoms with Gasteiger partial charge in [-0.15, -0.1) is 10.2 Å². The summed E-state index contributed by atoms with van der Waals surface area (Å²) in [6.07, 6.45) is 5.85. The van der Waals surface area contributed by atoms with E-state index in [0.29, 0.717) is 11.6 Å². The predicted octanol–water partition coefficient (Wildman–Crippen LogP) is 3.44. The topological polar surface area (TPSA) is 64.3 Å². The monoisotopic (exact) mass is 358 g/mol. The molecule has 1 aromatic carbocycles. The molecule has 0 radical (unpaired) electrons. The number of benzene rings is 1. The lowest BCUT2D eigenvalue weighted by molar-refractivity contribution is 0.242. The second-order valence-corrected chi connectivity index (χ2v) is 7.24. The molecule has 132 valence electrons. The molecule has 0 unspecified atom stereocenters. The lowest BCUT2D eigenvalue weighted by Gasteiger charge is -2.20. The highest BCUT2D eigenvalue weighted by atomic mass is 35.5. The molecule has 6 heteroatoms. The summed E-state index contributed by atoms with van der Waals surface area (Å²) in [6, 6.07) is 7.92. The van der Waals surface area contributed by atoms with Crippen molar-refractivity contribution in [3.63, 3.8) is 0 Å². The molecule has 2 aliphatic rings. The quantitative estimate of drug-likeness (QED) is 0.910. The minimum absolute atomic E-state index is 0.0107. The first-order chi connectivity index (χ1) is 12.2. The van der Waals surface area contributed by atoms with Crippen molar-refractivity contribution in [2.75, 3.05) is 24.5 Å². The molecule has 5 nitrogen and oxygen atoms in total. The van der Waals surface area contributed by atoms with Crippen LogP contribution in [-0.4, -0.2) is 35.9 Å². The lowest BCUT2D eigenvalue weighted by Crippen LogP contribution is -2.25. The number of nitrogens with zero attached hydrogens (tertiary/aromatic N) is 3. The van der Waals surface area contributed by atoms with Gasteiger partial charge in [0.25, 0.3) is 0 Å². The molecule has 2 N–H and O–H groups in total. The summed E-state index contributed by atoms with van der Waals surface area (Å²) in [5, 5.41) is 9.62. The van der Waals surface area contributed by atoms with Crippen LogP contribution >= 0.6 is 11.6 Å². The summed E-state index contributed by atoms with van der Waals surface area (Å²) < 4.78 is 6.00. The Labute approximate surface area is 153 Å². The molecule has 0 amide bonds. The average molecular weight is 359 g/mol. The van der Waals surface area contributed by atoms with Crippen LogP contribution in [0.25, 0.3) is 11.3 Å². The Morgan fingerprint density at radius 3 is 2.60 bits per heavy atom. The molecule has 0 spiro atoms. The van der Waals surface area contributed by atoms with Crippen molar-refractivity contribution in [1.29, 1.82) is 0 Å². The third-order valence-electron chi connectivity index (χ3n) is 4.98. The third kappa shape index (κ3) is 3.44. The van der Waals surface area contributed by atoms with Gasteiger partial charge in [-0.05, 0) is 37.1 Å². The van der Waals surface area contributed by atoms with Crippen LogP contribution in [-0.2, 0) is 6.42 Å².